The van der Waals surface area contributed by atoms with E-state index in [0.717, 1.165) is 27.6 Å². The fraction of sp³-hybridized carbons (Fsp3) is 0.238. The molecule has 0 saturated heterocycles. The van der Waals surface area contributed by atoms with Crippen LogP contribution >= 0.6 is 23.1 Å². The number of rotatable bonds is 8. The van der Waals surface area contributed by atoms with Crippen LogP contribution in [0.25, 0.3) is 10.6 Å². The van der Waals surface area contributed by atoms with Gasteiger partial charge in [-0.05, 0) is 48.9 Å². The summed E-state index contributed by atoms with van der Waals surface area (Å²) in [6, 6.07) is 13.6. The fourth-order valence-corrected chi connectivity index (χ4v) is 4.24. The molecule has 1 aromatic heterocycles. The van der Waals surface area contributed by atoms with E-state index in [0.29, 0.717) is 22.9 Å². The van der Waals surface area contributed by atoms with Gasteiger partial charge >= 0.3 is 0 Å². The van der Waals surface area contributed by atoms with Gasteiger partial charge in [0.2, 0.25) is 5.91 Å². The lowest BCUT2D eigenvalue weighted by Crippen LogP contribution is -2.15. The molecule has 1 N–H and O–H groups in total. The number of aryl methyl sites for hydroxylation is 1. The average Bonchev–Trinajstić information content (AvgIpc) is 3.17. The zero-order valence-corrected chi connectivity index (χ0v) is 17.7. The maximum Gasteiger partial charge on any atom is 0.234 e. The van der Waals surface area contributed by atoms with Crippen molar-refractivity contribution >= 4 is 34.7 Å². The highest BCUT2D eigenvalue weighted by molar-refractivity contribution is 7.99. The van der Waals surface area contributed by atoms with E-state index < -0.39 is 0 Å². The van der Waals surface area contributed by atoms with Crippen LogP contribution in [0.4, 0.5) is 5.69 Å². The smallest absolute Gasteiger partial charge is 0.234 e. The number of methoxy groups -OCH3 is 2. The van der Waals surface area contributed by atoms with Crippen LogP contribution in [0.1, 0.15) is 11.3 Å². The molecule has 0 spiro atoms. The highest BCUT2D eigenvalue weighted by Gasteiger charge is 2.10. The molecule has 0 aliphatic rings. The highest BCUT2D eigenvalue weighted by Crippen LogP contribution is 2.28. The Kier molecular flexibility index (Phi) is 6.95. The quantitative estimate of drug-likeness (QED) is 0.562. The number of aromatic nitrogens is 1. The SMILES string of the molecule is COc1ccc(-c2nc(CSCC(=O)Nc3cc(C)ccc3OC)cs2)cc1. The van der Waals surface area contributed by atoms with E-state index in [4.69, 9.17) is 9.47 Å². The molecule has 7 heteroatoms. The first-order chi connectivity index (χ1) is 13.6. The van der Waals surface area contributed by atoms with Gasteiger partial charge in [-0.2, -0.15) is 0 Å². The number of nitrogens with one attached hydrogen (secondary N) is 1. The van der Waals surface area contributed by atoms with E-state index in [-0.39, 0.29) is 5.91 Å². The first-order valence-electron chi connectivity index (χ1n) is 8.70. The molecule has 0 saturated carbocycles. The van der Waals surface area contributed by atoms with Crippen LogP contribution in [0.15, 0.2) is 47.8 Å². The average molecular weight is 415 g/mol. The number of benzene rings is 2. The molecule has 1 heterocycles. The van der Waals surface area contributed by atoms with Crippen LogP contribution in [-0.4, -0.2) is 30.9 Å². The molecule has 28 heavy (non-hydrogen) atoms. The number of thioether (sulfide) groups is 1. The molecule has 0 atom stereocenters. The minimum atomic E-state index is -0.0560. The summed E-state index contributed by atoms with van der Waals surface area (Å²) in [6.07, 6.45) is 0. The Morgan fingerprint density at radius 2 is 1.93 bits per heavy atom. The van der Waals surface area contributed by atoms with Crippen LogP contribution in [0.3, 0.4) is 0 Å². The lowest BCUT2D eigenvalue weighted by Gasteiger charge is -2.10. The van der Waals surface area contributed by atoms with Crippen molar-refractivity contribution in [2.45, 2.75) is 12.7 Å². The molecule has 0 bridgehead atoms. The van der Waals surface area contributed by atoms with E-state index in [1.54, 1.807) is 25.6 Å². The second-order valence-corrected chi connectivity index (χ2v) is 7.96. The number of thiazole rings is 1. The van der Waals surface area contributed by atoms with E-state index in [2.05, 4.69) is 10.3 Å². The zero-order valence-electron chi connectivity index (χ0n) is 16.0. The number of nitrogens with zero attached hydrogens (tertiary/aromatic N) is 1. The van der Waals surface area contributed by atoms with Crippen molar-refractivity contribution in [2.24, 2.45) is 0 Å². The number of amides is 1. The van der Waals surface area contributed by atoms with Gasteiger partial charge in [-0.1, -0.05) is 6.07 Å². The molecule has 0 unspecified atom stereocenters. The number of carbonyl (C=O) groups excluding carboxylic acids is 1. The summed E-state index contributed by atoms with van der Waals surface area (Å²) < 4.78 is 10.5. The van der Waals surface area contributed by atoms with Crippen LogP contribution < -0.4 is 14.8 Å². The normalized spacial score (nSPS) is 10.5. The Labute approximate surface area is 173 Å². The maximum atomic E-state index is 12.3. The summed E-state index contributed by atoms with van der Waals surface area (Å²) >= 11 is 3.14. The zero-order chi connectivity index (χ0) is 19.9. The molecule has 5 nitrogen and oxygen atoms in total. The Hall–Kier alpha value is -2.51. The van der Waals surface area contributed by atoms with Crippen molar-refractivity contribution in [2.75, 3.05) is 25.3 Å². The van der Waals surface area contributed by atoms with Gasteiger partial charge in [0.1, 0.15) is 16.5 Å². The van der Waals surface area contributed by atoms with Gasteiger partial charge in [0, 0.05) is 16.7 Å². The Bertz CT molecular complexity index is 939. The summed E-state index contributed by atoms with van der Waals surface area (Å²) in [7, 11) is 3.25. The summed E-state index contributed by atoms with van der Waals surface area (Å²) in [4.78, 5) is 16.9. The molecule has 3 aromatic rings. The van der Waals surface area contributed by atoms with Crippen LogP contribution in [0, 0.1) is 6.92 Å². The Morgan fingerprint density at radius 1 is 1.14 bits per heavy atom. The monoisotopic (exact) mass is 414 g/mol. The first-order valence-corrected chi connectivity index (χ1v) is 10.7. The molecule has 3 rings (SSSR count). The van der Waals surface area contributed by atoms with Crippen molar-refractivity contribution in [1.29, 1.82) is 0 Å². The van der Waals surface area contributed by atoms with Gasteiger partial charge in [0.15, 0.2) is 0 Å². The van der Waals surface area contributed by atoms with Gasteiger partial charge in [-0.15, -0.1) is 23.1 Å². The van der Waals surface area contributed by atoms with E-state index in [9.17, 15) is 4.79 Å². The van der Waals surface area contributed by atoms with Crippen molar-refractivity contribution in [3.8, 4) is 22.1 Å². The minimum Gasteiger partial charge on any atom is -0.497 e. The highest BCUT2D eigenvalue weighted by atomic mass is 32.2. The lowest BCUT2D eigenvalue weighted by molar-refractivity contribution is -0.113. The van der Waals surface area contributed by atoms with Crippen molar-refractivity contribution < 1.29 is 14.3 Å². The Morgan fingerprint density at radius 3 is 2.64 bits per heavy atom. The predicted octanol–water partition coefficient (Wildman–Crippen LogP) is 5.01. The van der Waals surface area contributed by atoms with Crippen LogP contribution in [0.2, 0.25) is 0 Å². The van der Waals surface area contributed by atoms with E-state index >= 15 is 0 Å². The second-order valence-electron chi connectivity index (χ2n) is 6.12. The molecule has 0 radical (unpaired) electrons. The number of hydrogen-bond acceptors (Lipinski definition) is 6. The molecule has 0 fully saturated rings. The minimum absolute atomic E-state index is 0.0560. The predicted molar refractivity (Wildman–Crippen MR) is 117 cm³/mol. The number of anilines is 1. The summed E-state index contributed by atoms with van der Waals surface area (Å²) in [5.41, 5.74) is 3.80. The third-order valence-electron chi connectivity index (χ3n) is 4.00. The van der Waals surface area contributed by atoms with Crippen LogP contribution in [0.5, 0.6) is 11.5 Å². The molecule has 0 aliphatic heterocycles. The molecule has 0 aliphatic carbocycles. The maximum absolute atomic E-state index is 12.3. The van der Waals surface area contributed by atoms with Crippen molar-refractivity contribution in [3.63, 3.8) is 0 Å². The summed E-state index contributed by atoms with van der Waals surface area (Å²) in [5, 5.41) is 5.92. The first kappa shape index (κ1) is 20.2. The number of ether oxygens (including phenoxy) is 2. The second kappa shape index (κ2) is 9.61. The lowest BCUT2D eigenvalue weighted by atomic mass is 10.2. The Balaban J connectivity index is 1.52. The molecular formula is C21H22N2O3S2. The van der Waals surface area contributed by atoms with Crippen molar-refractivity contribution in [3.05, 3.63) is 59.1 Å². The molecular weight excluding hydrogens is 392 g/mol. The van der Waals surface area contributed by atoms with E-state index in [1.807, 2.05) is 54.8 Å². The van der Waals surface area contributed by atoms with Crippen LogP contribution in [-0.2, 0) is 10.5 Å². The largest absolute Gasteiger partial charge is 0.497 e. The molecule has 1 amide bonds. The fourth-order valence-electron chi connectivity index (χ4n) is 2.59. The topological polar surface area (TPSA) is 60.5 Å². The number of hydrogen-bond donors (Lipinski definition) is 1. The van der Waals surface area contributed by atoms with Gasteiger partial charge in [0.05, 0.1) is 31.4 Å². The van der Waals surface area contributed by atoms with Gasteiger partial charge in [-0.25, -0.2) is 4.98 Å². The molecule has 146 valence electrons. The standard InChI is InChI=1S/C21H22N2O3S2/c1-14-4-9-19(26-3)18(10-14)23-20(24)13-27-11-16-12-28-21(22-16)15-5-7-17(25-2)8-6-15/h4-10,12H,11,13H2,1-3H3,(H,23,24). The van der Waals surface area contributed by atoms with E-state index in [1.165, 1.54) is 11.8 Å². The third-order valence-corrected chi connectivity index (χ3v) is 5.91. The van der Waals surface area contributed by atoms with Gasteiger partial charge in [0.25, 0.3) is 0 Å². The summed E-state index contributed by atoms with van der Waals surface area (Å²) in [6.45, 7) is 1.98. The third kappa shape index (κ3) is 5.27. The number of carbonyl (C=O) groups is 1. The summed E-state index contributed by atoms with van der Waals surface area (Å²) in [5.74, 6) is 2.47. The van der Waals surface area contributed by atoms with Gasteiger partial charge < -0.3 is 14.8 Å². The van der Waals surface area contributed by atoms with Gasteiger partial charge in [-0.3, -0.25) is 4.79 Å². The molecule has 2 aromatic carbocycles. The van der Waals surface area contributed by atoms with Crippen molar-refractivity contribution in [1.82, 2.24) is 4.98 Å².